The van der Waals surface area contributed by atoms with Crippen LogP contribution in [0, 0.1) is 12.8 Å². The maximum absolute atomic E-state index is 12.7. The lowest BCUT2D eigenvalue weighted by atomic mass is 9.88. The molecule has 3 rings (SSSR count). The molecule has 2 fully saturated rings. The molecule has 1 aliphatic heterocycles. The Bertz CT molecular complexity index is 659. The number of piperidine rings is 1. The van der Waals surface area contributed by atoms with Crippen LogP contribution in [0.5, 0.6) is 0 Å². The van der Waals surface area contributed by atoms with Gasteiger partial charge in [-0.05, 0) is 44.1 Å². The molecule has 29 heavy (non-hydrogen) atoms. The van der Waals surface area contributed by atoms with Crippen LogP contribution in [0.15, 0.2) is 24.3 Å². The smallest absolute Gasteiger partial charge is 0.222 e. The zero-order chi connectivity index (χ0) is 20.6. The lowest BCUT2D eigenvalue weighted by molar-refractivity contribution is -0.123. The average molecular weight is 400 g/mol. The highest BCUT2D eigenvalue weighted by Crippen LogP contribution is 2.25. The second kappa shape index (κ2) is 10.8. The Morgan fingerprint density at radius 3 is 2.31 bits per heavy atom. The number of carbonyl (C=O) groups is 2. The molecule has 2 N–H and O–H groups in total. The van der Waals surface area contributed by atoms with Gasteiger partial charge in [0, 0.05) is 32.6 Å². The lowest BCUT2D eigenvalue weighted by Gasteiger charge is -2.35. The third kappa shape index (κ3) is 7.14. The Hall–Kier alpha value is -1.88. The number of rotatable bonds is 7. The van der Waals surface area contributed by atoms with Gasteiger partial charge in [-0.2, -0.15) is 0 Å². The van der Waals surface area contributed by atoms with Crippen molar-refractivity contribution in [1.82, 2.24) is 15.5 Å². The average Bonchev–Trinajstić information content (AvgIpc) is 2.70. The number of carbonyl (C=O) groups excluding carboxylic acids is 2. The summed E-state index contributed by atoms with van der Waals surface area (Å²) < 4.78 is 0. The van der Waals surface area contributed by atoms with E-state index < -0.39 is 0 Å². The van der Waals surface area contributed by atoms with Gasteiger partial charge in [-0.25, -0.2) is 0 Å². The molecule has 160 valence electrons. The summed E-state index contributed by atoms with van der Waals surface area (Å²) in [7, 11) is 0. The van der Waals surface area contributed by atoms with E-state index in [1.54, 1.807) is 0 Å². The van der Waals surface area contributed by atoms with Crippen LogP contribution in [0.3, 0.4) is 0 Å². The van der Waals surface area contributed by atoms with Crippen molar-refractivity contribution in [3.63, 3.8) is 0 Å². The molecule has 2 amide bonds. The molecule has 1 aromatic carbocycles. The highest BCUT2D eigenvalue weighted by Gasteiger charge is 2.25. The first kappa shape index (κ1) is 21.8. The summed E-state index contributed by atoms with van der Waals surface area (Å²) >= 11 is 0. The molecule has 5 heteroatoms. The van der Waals surface area contributed by atoms with Crippen LogP contribution in [0.4, 0.5) is 0 Å². The van der Waals surface area contributed by atoms with E-state index in [-0.39, 0.29) is 30.3 Å². The van der Waals surface area contributed by atoms with E-state index in [0.29, 0.717) is 0 Å². The first-order valence-electron chi connectivity index (χ1n) is 11.3. The van der Waals surface area contributed by atoms with Gasteiger partial charge in [0.05, 0.1) is 12.5 Å². The predicted molar refractivity (Wildman–Crippen MR) is 117 cm³/mol. The fourth-order valence-corrected chi connectivity index (χ4v) is 4.76. The number of hydrogen-bond acceptors (Lipinski definition) is 3. The van der Waals surface area contributed by atoms with Gasteiger partial charge in [0.1, 0.15) is 0 Å². The maximum atomic E-state index is 12.7. The van der Waals surface area contributed by atoms with Crippen molar-refractivity contribution in [2.24, 2.45) is 5.92 Å². The third-order valence-corrected chi connectivity index (χ3v) is 6.44. The minimum atomic E-state index is -0.278. The summed E-state index contributed by atoms with van der Waals surface area (Å²) in [5.74, 6) is 0.789. The third-order valence-electron chi connectivity index (χ3n) is 6.44. The van der Waals surface area contributed by atoms with E-state index in [2.05, 4.69) is 15.5 Å². The summed E-state index contributed by atoms with van der Waals surface area (Å²) in [6, 6.07) is 7.99. The number of aryl methyl sites for hydroxylation is 1. The zero-order valence-electron chi connectivity index (χ0n) is 18.1. The fraction of sp³-hybridized carbons (Fsp3) is 0.667. The van der Waals surface area contributed by atoms with Gasteiger partial charge in [-0.1, -0.05) is 49.1 Å². The Morgan fingerprint density at radius 2 is 1.69 bits per heavy atom. The SMILES string of the molecule is CC(=O)NC(CC(=O)NC1CCN(CC2CCCCC2)CC1)c1ccc(C)cc1. The molecule has 1 saturated carbocycles. The van der Waals surface area contributed by atoms with Crippen LogP contribution in [0.2, 0.25) is 0 Å². The summed E-state index contributed by atoms with van der Waals surface area (Å²) in [5.41, 5.74) is 2.14. The van der Waals surface area contributed by atoms with Gasteiger partial charge in [-0.3, -0.25) is 9.59 Å². The van der Waals surface area contributed by atoms with Crippen molar-refractivity contribution in [2.75, 3.05) is 19.6 Å². The Kier molecular flexibility index (Phi) is 8.10. The largest absolute Gasteiger partial charge is 0.353 e. The summed E-state index contributed by atoms with van der Waals surface area (Å²) in [6.45, 7) is 6.92. The Morgan fingerprint density at radius 1 is 1.03 bits per heavy atom. The van der Waals surface area contributed by atoms with E-state index in [1.165, 1.54) is 51.1 Å². The van der Waals surface area contributed by atoms with E-state index in [4.69, 9.17) is 0 Å². The molecule has 0 spiro atoms. The molecule has 1 aromatic rings. The van der Waals surface area contributed by atoms with Crippen LogP contribution in [-0.4, -0.2) is 42.4 Å². The summed E-state index contributed by atoms with van der Waals surface area (Å²) in [6.07, 6.45) is 9.31. The van der Waals surface area contributed by atoms with Crippen LogP contribution >= 0.6 is 0 Å². The maximum Gasteiger partial charge on any atom is 0.222 e. The van der Waals surface area contributed by atoms with Crippen molar-refractivity contribution in [3.05, 3.63) is 35.4 Å². The summed E-state index contributed by atoms with van der Waals surface area (Å²) in [4.78, 5) is 26.9. The van der Waals surface area contributed by atoms with Gasteiger partial charge in [0.25, 0.3) is 0 Å². The topological polar surface area (TPSA) is 61.4 Å². The Balaban J connectivity index is 1.45. The van der Waals surface area contributed by atoms with Crippen molar-refractivity contribution in [3.8, 4) is 0 Å². The van der Waals surface area contributed by atoms with E-state index >= 15 is 0 Å². The molecular formula is C24H37N3O2. The molecule has 0 radical (unpaired) electrons. The number of likely N-dealkylation sites (tertiary alicyclic amines) is 1. The molecule has 0 bridgehead atoms. The van der Waals surface area contributed by atoms with Gasteiger partial charge in [-0.15, -0.1) is 0 Å². The molecule has 1 aliphatic carbocycles. The van der Waals surface area contributed by atoms with E-state index in [1.807, 2.05) is 31.2 Å². The molecular weight excluding hydrogens is 362 g/mol. The first-order chi connectivity index (χ1) is 14.0. The lowest BCUT2D eigenvalue weighted by Crippen LogP contribution is -2.46. The number of hydrogen-bond donors (Lipinski definition) is 2. The first-order valence-corrected chi connectivity index (χ1v) is 11.3. The van der Waals surface area contributed by atoms with Crippen LogP contribution in [-0.2, 0) is 9.59 Å². The molecule has 5 nitrogen and oxygen atoms in total. The van der Waals surface area contributed by atoms with Crippen LogP contribution in [0.25, 0.3) is 0 Å². The second-order valence-corrected chi connectivity index (χ2v) is 9.01. The summed E-state index contributed by atoms with van der Waals surface area (Å²) in [5, 5.41) is 6.14. The molecule has 1 unspecified atom stereocenters. The van der Waals surface area contributed by atoms with E-state index in [9.17, 15) is 9.59 Å². The standard InChI is InChI=1S/C24H37N3O2/c1-18-8-10-21(11-9-18)23(25-19(2)28)16-24(29)26-22-12-14-27(15-13-22)17-20-6-4-3-5-7-20/h8-11,20,22-23H,3-7,12-17H2,1-2H3,(H,25,28)(H,26,29). The highest BCUT2D eigenvalue weighted by molar-refractivity contribution is 5.79. The minimum Gasteiger partial charge on any atom is -0.353 e. The fourth-order valence-electron chi connectivity index (χ4n) is 4.76. The number of nitrogens with one attached hydrogen (secondary N) is 2. The molecule has 0 aromatic heterocycles. The van der Waals surface area contributed by atoms with E-state index in [0.717, 1.165) is 37.4 Å². The Labute approximate surface area is 175 Å². The van der Waals surface area contributed by atoms with Crippen molar-refractivity contribution >= 4 is 11.8 Å². The molecule has 1 atom stereocenters. The second-order valence-electron chi connectivity index (χ2n) is 9.01. The van der Waals surface area contributed by atoms with Crippen LogP contribution in [0.1, 0.15) is 75.5 Å². The predicted octanol–water partition coefficient (Wildman–Crippen LogP) is 3.72. The zero-order valence-corrected chi connectivity index (χ0v) is 18.1. The van der Waals surface area contributed by atoms with Gasteiger partial charge in [0.2, 0.25) is 11.8 Å². The van der Waals surface area contributed by atoms with Crippen LogP contribution < -0.4 is 10.6 Å². The monoisotopic (exact) mass is 399 g/mol. The molecule has 1 saturated heterocycles. The van der Waals surface area contributed by atoms with Crippen molar-refractivity contribution < 1.29 is 9.59 Å². The minimum absolute atomic E-state index is 0.0232. The van der Waals surface area contributed by atoms with Gasteiger partial charge in [0.15, 0.2) is 0 Å². The van der Waals surface area contributed by atoms with Gasteiger partial charge >= 0.3 is 0 Å². The van der Waals surface area contributed by atoms with Gasteiger partial charge < -0.3 is 15.5 Å². The molecule has 2 aliphatic rings. The normalized spacial score (nSPS) is 20.2. The van der Waals surface area contributed by atoms with Crippen molar-refractivity contribution in [2.45, 2.75) is 77.3 Å². The number of benzene rings is 1. The number of amides is 2. The quantitative estimate of drug-likeness (QED) is 0.734. The van der Waals surface area contributed by atoms with Crippen molar-refractivity contribution in [1.29, 1.82) is 0 Å². The number of nitrogens with zero attached hydrogens (tertiary/aromatic N) is 1. The molecule has 1 heterocycles. The highest BCUT2D eigenvalue weighted by atomic mass is 16.2.